The molecular weight excluding hydrogens is 258 g/mol. The summed E-state index contributed by atoms with van der Waals surface area (Å²) < 4.78 is 10.8. The maximum absolute atomic E-state index is 10.5. The van der Waals surface area contributed by atoms with Crippen LogP contribution in [0.3, 0.4) is 0 Å². The number of ether oxygens (including phenoxy) is 2. The Morgan fingerprint density at radius 2 is 2.00 bits per heavy atom. The van der Waals surface area contributed by atoms with E-state index in [0.29, 0.717) is 17.9 Å². The minimum atomic E-state index is -0.462. The molecular formula is C15H17NO4. The fourth-order valence-corrected chi connectivity index (χ4v) is 1.38. The van der Waals surface area contributed by atoms with E-state index in [-0.39, 0.29) is 5.70 Å². The summed E-state index contributed by atoms with van der Waals surface area (Å²) >= 11 is 0. The Balaban J connectivity index is 2.82. The Labute approximate surface area is 118 Å². The molecule has 0 saturated heterocycles. The SMILES string of the molecule is C=C/C(=C\C=C(/C)[N+](=O)[O-])OC1=CC=CC=C(OC)C1. The van der Waals surface area contributed by atoms with E-state index in [1.807, 2.05) is 24.3 Å². The first-order valence-electron chi connectivity index (χ1n) is 6.00. The Kier molecular flexibility index (Phi) is 6.03. The smallest absolute Gasteiger partial charge is 0.243 e. The average Bonchev–Trinajstić information content (AvgIpc) is 2.67. The van der Waals surface area contributed by atoms with Crippen molar-refractivity contribution in [2.24, 2.45) is 0 Å². The van der Waals surface area contributed by atoms with Crippen LogP contribution in [0, 0.1) is 10.1 Å². The number of methoxy groups -OCH3 is 1. The molecule has 0 radical (unpaired) electrons. The molecule has 0 saturated carbocycles. The zero-order chi connectivity index (χ0) is 15.0. The van der Waals surface area contributed by atoms with Crippen LogP contribution >= 0.6 is 0 Å². The summed E-state index contributed by atoms with van der Waals surface area (Å²) in [4.78, 5) is 10.1. The molecule has 0 aromatic carbocycles. The highest BCUT2D eigenvalue weighted by atomic mass is 16.6. The van der Waals surface area contributed by atoms with Crippen LogP contribution < -0.4 is 0 Å². The molecule has 20 heavy (non-hydrogen) atoms. The van der Waals surface area contributed by atoms with Crippen molar-refractivity contribution in [3.8, 4) is 0 Å². The third-order valence-electron chi connectivity index (χ3n) is 2.51. The lowest BCUT2D eigenvalue weighted by atomic mass is 10.3. The topological polar surface area (TPSA) is 61.6 Å². The van der Waals surface area contributed by atoms with E-state index in [0.717, 1.165) is 5.76 Å². The van der Waals surface area contributed by atoms with E-state index in [1.54, 1.807) is 7.11 Å². The van der Waals surface area contributed by atoms with Gasteiger partial charge in [-0.05, 0) is 24.3 Å². The second kappa shape index (κ2) is 7.78. The molecule has 0 heterocycles. The number of nitro groups is 1. The van der Waals surface area contributed by atoms with Crippen molar-refractivity contribution < 1.29 is 14.4 Å². The van der Waals surface area contributed by atoms with E-state index in [9.17, 15) is 10.1 Å². The van der Waals surface area contributed by atoms with Gasteiger partial charge in [-0.25, -0.2) is 0 Å². The molecule has 106 valence electrons. The summed E-state index contributed by atoms with van der Waals surface area (Å²) in [6.45, 7) is 5.04. The highest BCUT2D eigenvalue weighted by Gasteiger charge is 2.07. The van der Waals surface area contributed by atoms with E-state index < -0.39 is 4.92 Å². The predicted octanol–water partition coefficient (Wildman–Crippen LogP) is 3.63. The van der Waals surface area contributed by atoms with Crippen LogP contribution in [0.4, 0.5) is 0 Å². The zero-order valence-electron chi connectivity index (χ0n) is 11.5. The van der Waals surface area contributed by atoms with Gasteiger partial charge in [0.15, 0.2) is 0 Å². The highest BCUT2D eigenvalue weighted by molar-refractivity contribution is 5.26. The first kappa shape index (κ1) is 15.5. The third-order valence-corrected chi connectivity index (χ3v) is 2.51. The van der Waals surface area contributed by atoms with Crippen molar-refractivity contribution in [3.63, 3.8) is 0 Å². The van der Waals surface area contributed by atoms with Gasteiger partial charge < -0.3 is 9.47 Å². The number of nitrogens with zero attached hydrogens (tertiary/aromatic N) is 1. The quantitative estimate of drug-likeness (QED) is 0.321. The summed E-state index contributed by atoms with van der Waals surface area (Å²) in [5.74, 6) is 1.87. The van der Waals surface area contributed by atoms with Crippen molar-refractivity contribution in [2.45, 2.75) is 13.3 Å². The lowest BCUT2D eigenvalue weighted by molar-refractivity contribution is -0.424. The molecule has 0 unspecified atom stereocenters. The lowest BCUT2D eigenvalue weighted by Gasteiger charge is -2.11. The minimum Gasteiger partial charge on any atom is -0.501 e. The molecule has 0 amide bonds. The third kappa shape index (κ3) is 4.97. The van der Waals surface area contributed by atoms with Crippen LogP contribution in [0.5, 0.6) is 0 Å². The Morgan fingerprint density at radius 1 is 1.35 bits per heavy atom. The molecule has 0 atom stereocenters. The Bertz CT molecular complexity index is 536. The summed E-state index contributed by atoms with van der Waals surface area (Å²) in [5.41, 5.74) is 0.0279. The van der Waals surface area contributed by atoms with Crippen molar-refractivity contribution in [1.29, 1.82) is 0 Å². The van der Waals surface area contributed by atoms with Crippen LogP contribution in [0.1, 0.15) is 13.3 Å². The Morgan fingerprint density at radius 3 is 2.55 bits per heavy atom. The maximum atomic E-state index is 10.5. The van der Waals surface area contributed by atoms with Crippen molar-refractivity contribution in [1.82, 2.24) is 0 Å². The van der Waals surface area contributed by atoms with Crippen LogP contribution in [0.15, 0.2) is 72.1 Å². The van der Waals surface area contributed by atoms with Gasteiger partial charge in [0.25, 0.3) is 0 Å². The standard InChI is InChI=1S/C15H17NO4/c1-4-13(10-9-12(2)16(17)18)20-15-8-6-5-7-14(11-15)19-3/h4-10H,1,11H2,2-3H3/b12-9+,13-10+. The molecule has 0 spiro atoms. The van der Waals surface area contributed by atoms with Gasteiger partial charge in [-0.15, -0.1) is 0 Å². The van der Waals surface area contributed by atoms with E-state index in [2.05, 4.69) is 6.58 Å². The number of hydrogen-bond donors (Lipinski definition) is 0. The first-order valence-corrected chi connectivity index (χ1v) is 6.00. The monoisotopic (exact) mass is 275 g/mol. The van der Waals surface area contributed by atoms with Crippen LogP contribution in [-0.4, -0.2) is 12.0 Å². The van der Waals surface area contributed by atoms with Crippen LogP contribution in [0.2, 0.25) is 0 Å². The molecule has 5 nitrogen and oxygen atoms in total. The van der Waals surface area contributed by atoms with Crippen molar-refractivity contribution >= 4 is 0 Å². The minimum absolute atomic E-state index is 0.0279. The van der Waals surface area contributed by atoms with Crippen LogP contribution in [-0.2, 0) is 9.47 Å². The van der Waals surface area contributed by atoms with Gasteiger partial charge in [0, 0.05) is 13.0 Å². The normalized spacial score (nSPS) is 15.9. The number of rotatable bonds is 6. The highest BCUT2D eigenvalue weighted by Crippen LogP contribution is 2.19. The largest absolute Gasteiger partial charge is 0.501 e. The summed E-state index contributed by atoms with van der Waals surface area (Å²) in [7, 11) is 1.59. The van der Waals surface area contributed by atoms with Gasteiger partial charge in [-0.1, -0.05) is 18.7 Å². The fraction of sp³-hybridized carbons (Fsp3) is 0.200. The van der Waals surface area contributed by atoms with Crippen molar-refractivity contribution in [2.75, 3.05) is 7.11 Å². The molecule has 0 bridgehead atoms. The van der Waals surface area contributed by atoms with Gasteiger partial charge in [0.1, 0.15) is 17.3 Å². The molecule has 1 rings (SSSR count). The van der Waals surface area contributed by atoms with Gasteiger partial charge in [0.05, 0.1) is 18.5 Å². The average molecular weight is 275 g/mol. The summed E-state index contributed by atoms with van der Waals surface area (Å²) in [6, 6.07) is 0. The van der Waals surface area contributed by atoms with E-state index >= 15 is 0 Å². The lowest BCUT2D eigenvalue weighted by Crippen LogP contribution is -1.96. The summed E-state index contributed by atoms with van der Waals surface area (Å²) in [5, 5.41) is 10.5. The van der Waals surface area contributed by atoms with Gasteiger partial charge in [0.2, 0.25) is 5.70 Å². The van der Waals surface area contributed by atoms with Gasteiger partial charge >= 0.3 is 0 Å². The maximum Gasteiger partial charge on any atom is 0.243 e. The van der Waals surface area contributed by atoms with Gasteiger partial charge in [-0.3, -0.25) is 10.1 Å². The molecule has 0 aliphatic heterocycles. The first-order chi connectivity index (χ1) is 9.56. The fourth-order valence-electron chi connectivity index (χ4n) is 1.38. The number of hydrogen-bond acceptors (Lipinski definition) is 4. The molecule has 0 fully saturated rings. The molecule has 0 aromatic heterocycles. The molecule has 5 heteroatoms. The predicted molar refractivity (Wildman–Crippen MR) is 77.0 cm³/mol. The van der Waals surface area contributed by atoms with E-state index in [4.69, 9.17) is 9.47 Å². The Hall–Kier alpha value is -2.56. The van der Waals surface area contributed by atoms with Crippen molar-refractivity contribution in [3.05, 3.63) is 82.2 Å². The zero-order valence-corrected chi connectivity index (χ0v) is 11.5. The molecule has 1 aliphatic carbocycles. The second-order valence-electron chi connectivity index (χ2n) is 3.97. The molecule has 0 N–H and O–H groups in total. The van der Waals surface area contributed by atoms with Crippen LogP contribution in [0.25, 0.3) is 0 Å². The van der Waals surface area contributed by atoms with Gasteiger partial charge in [-0.2, -0.15) is 0 Å². The molecule has 0 aromatic rings. The van der Waals surface area contributed by atoms with E-state index in [1.165, 1.54) is 25.2 Å². The second-order valence-corrected chi connectivity index (χ2v) is 3.97. The number of allylic oxidation sites excluding steroid dienone is 8. The molecule has 1 aliphatic rings. The summed E-state index contributed by atoms with van der Waals surface area (Å²) in [6.07, 6.45) is 12.2.